The third-order valence-electron chi connectivity index (χ3n) is 3.88. The molecule has 0 fully saturated rings. The first-order valence-electron chi connectivity index (χ1n) is 7.44. The van der Waals surface area contributed by atoms with Crippen LogP contribution in [0.2, 0.25) is 0 Å². The Balaban J connectivity index is 1.97. The zero-order chi connectivity index (χ0) is 14.8. The van der Waals surface area contributed by atoms with Gasteiger partial charge in [-0.2, -0.15) is 0 Å². The normalized spacial score (nSPS) is 14.8. The zero-order valence-electron chi connectivity index (χ0n) is 12.4. The Kier molecular flexibility index (Phi) is 4.67. The summed E-state index contributed by atoms with van der Waals surface area (Å²) >= 11 is 5.42. The van der Waals surface area contributed by atoms with Crippen molar-refractivity contribution in [3.63, 3.8) is 0 Å². The maximum Gasteiger partial charge on any atom is 0.122 e. The van der Waals surface area contributed by atoms with Crippen molar-refractivity contribution in [1.82, 2.24) is 5.32 Å². The highest BCUT2D eigenvalue weighted by Gasteiger charge is 2.20. The van der Waals surface area contributed by atoms with Gasteiger partial charge in [-0.3, -0.25) is 0 Å². The van der Waals surface area contributed by atoms with Gasteiger partial charge in [-0.15, -0.1) is 11.3 Å². The van der Waals surface area contributed by atoms with Crippen LogP contribution in [0.5, 0.6) is 5.75 Å². The minimum atomic E-state index is 0.262. The summed E-state index contributed by atoms with van der Waals surface area (Å²) in [7, 11) is 0. The van der Waals surface area contributed by atoms with E-state index in [4.69, 9.17) is 4.74 Å². The minimum absolute atomic E-state index is 0.262. The Morgan fingerprint density at radius 3 is 2.95 bits per heavy atom. The first kappa shape index (κ1) is 15.1. The van der Waals surface area contributed by atoms with E-state index in [1.807, 2.05) is 0 Å². The molecule has 1 aromatic carbocycles. The van der Waals surface area contributed by atoms with E-state index in [1.165, 1.54) is 25.4 Å². The predicted molar refractivity (Wildman–Crippen MR) is 92.5 cm³/mol. The van der Waals surface area contributed by atoms with Gasteiger partial charge in [-0.1, -0.05) is 19.1 Å². The van der Waals surface area contributed by atoms with Crippen LogP contribution >= 0.6 is 27.3 Å². The minimum Gasteiger partial charge on any atom is -0.493 e. The summed E-state index contributed by atoms with van der Waals surface area (Å²) in [5, 5.41) is 3.69. The lowest BCUT2D eigenvalue weighted by molar-refractivity contribution is 0.357. The van der Waals surface area contributed by atoms with Gasteiger partial charge in [0.05, 0.1) is 16.4 Å². The molecule has 1 unspecified atom stereocenters. The number of aryl methyl sites for hydroxylation is 1. The van der Waals surface area contributed by atoms with Gasteiger partial charge in [0.2, 0.25) is 0 Å². The molecule has 1 atom stereocenters. The molecule has 1 aliphatic heterocycles. The molecule has 0 bridgehead atoms. The second-order valence-corrected chi connectivity index (χ2v) is 8.05. The molecular formula is C17H20BrNOS. The topological polar surface area (TPSA) is 21.3 Å². The highest BCUT2D eigenvalue weighted by molar-refractivity contribution is 9.11. The molecule has 21 heavy (non-hydrogen) atoms. The lowest BCUT2D eigenvalue weighted by Crippen LogP contribution is -2.23. The molecule has 3 rings (SSSR count). The van der Waals surface area contributed by atoms with Crippen LogP contribution in [0.15, 0.2) is 28.1 Å². The molecular weight excluding hydrogens is 346 g/mol. The van der Waals surface area contributed by atoms with E-state index in [2.05, 4.69) is 59.4 Å². The summed E-state index contributed by atoms with van der Waals surface area (Å²) in [4.78, 5) is 1.37. The van der Waals surface area contributed by atoms with E-state index < -0.39 is 0 Å². The average molecular weight is 366 g/mol. The summed E-state index contributed by atoms with van der Waals surface area (Å²) in [6, 6.07) is 9.13. The van der Waals surface area contributed by atoms with Gasteiger partial charge < -0.3 is 10.1 Å². The molecule has 2 nitrogen and oxygen atoms in total. The second-order valence-electron chi connectivity index (χ2n) is 5.41. The summed E-state index contributed by atoms with van der Waals surface area (Å²) in [5.74, 6) is 1.05. The van der Waals surface area contributed by atoms with Crippen LogP contribution in [0, 0.1) is 6.92 Å². The Morgan fingerprint density at radius 2 is 2.24 bits per heavy atom. The predicted octanol–water partition coefficient (Wildman–Crippen LogP) is 4.84. The molecule has 0 aliphatic carbocycles. The molecule has 112 valence electrons. The highest BCUT2D eigenvalue weighted by Crippen LogP contribution is 2.36. The Bertz CT molecular complexity index is 638. The van der Waals surface area contributed by atoms with Crippen molar-refractivity contribution < 1.29 is 4.74 Å². The first-order valence-corrected chi connectivity index (χ1v) is 9.05. The van der Waals surface area contributed by atoms with Crippen LogP contribution in [0.1, 0.15) is 41.0 Å². The number of nitrogens with one attached hydrogen (secondary N) is 1. The van der Waals surface area contributed by atoms with Crippen molar-refractivity contribution in [3.8, 4) is 5.75 Å². The lowest BCUT2D eigenvalue weighted by atomic mass is 9.97. The van der Waals surface area contributed by atoms with Gasteiger partial charge in [-0.25, -0.2) is 0 Å². The first-order chi connectivity index (χ1) is 10.2. The molecule has 1 aliphatic rings. The Hall–Kier alpha value is -0.840. The van der Waals surface area contributed by atoms with Crippen LogP contribution in [-0.2, 0) is 6.42 Å². The second kappa shape index (κ2) is 6.51. The van der Waals surface area contributed by atoms with Crippen LogP contribution in [0.25, 0.3) is 0 Å². The molecule has 1 N–H and O–H groups in total. The van der Waals surface area contributed by atoms with Crippen molar-refractivity contribution in [2.45, 2.75) is 32.7 Å². The van der Waals surface area contributed by atoms with E-state index in [1.54, 1.807) is 11.3 Å². The van der Waals surface area contributed by atoms with E-state index in [-0.39, 0.29) is 6.04 Å². The summed E-state index contributed by atoms with van der Waals surface area (Å²) in [6.07, 6.45) is 2.16. The fraction of sp³-hybridized carbons (Fsp3) is 0.412. The van der Waals surface area contributed by atoms with Crippen molar-refractivity contribution in [1.29, 1.82) is 0 Å². The van der Waals surface area contributed by atoms with E-state index in [9.17, 15) is 0 Å². The summed E-state index contributed by atoms with van der Waals surface area (Å²) in [5.41, 5.74) is 4.04. The smallest absolute Gasteiger partial charge is 0.122 e. The number of benzene rings is 1. The molecule has 1 aromatic heterocycles. The Morgan fingerprint density at radius 1 is 1.38 bits per heavy atom. The number of halogens is 1. The lowest BCUT2D eigenvalue weighted by Gasteiger charge is -2.20. The quantitative estimate of drug-likeness (QED) is 0.817. The number of rotatable bonds is 5. The monoisotopic (exact) mass is 365 g/mol. The molecule has 2 aromatic rings. The molecule has 2 heterocycles. The molecule has 0 radical (unpaired) electrons. The van der Waals surface area contributed by atoms with E-state index in [0.29, 0.717) is 0 Å². The number of thiophene rings is 1. The highest BCUT2D eigenvalue weighted by atomic mass is 79.9. The molecule has 0 amide bonds. The largest absolute Gasteiger partial charge is 0.493 e. The summed E-state index contributed by atoms with van der Waals surface area (Å²) < 4.78 is 6.82. The third kappa shape index (κ3) is 3.17. The number of hydrogen-bond acceptors (Lipinski definition) is 3. The summed E-state index contributed by atoms with van der Waals surface area (Å²) in [6.45, 7) is 6.23. The molecule has 0 spiro atoms. The van der Waals surface area contributed by atoms with Crippen LogP contribution in [-0.4, -0.2) is 13.2 Å². The van der Waals surface area contributed by atoms with Crippen LogP contribution in [0.4, 0.5) is 0 Å². The Labute approximate surface area is 138 Å². The SMILES string of the molecule is CCCNC(c1ccc2c(c1)CCO2)c1cc(Br)sc1C. The molecule has 4 heteroatoms. The van der Waals surface area contributed by atoms with E-state index in [0.717, 1.165) is 31.7 Å². The fourth-order valence-electron chi connectivity index (χ4n) is 2.83. The van der Waals surface area contributed by atoms with Crippen molar-refractivity contribution >= 4 is 27.3 Å². The van der Waals surface area contributed by atoms with Crippen molar-refractivity contribution in [2.24, 2.45) is 0 Å². The molecule has 0 saturated heterocycles. The zero-order valence-corrected chi connectivity index (χ0v) is 14.8. The third-order valence-corrected chi connectivity index (χ3v) is 5.45. The van der Waals surface area contributed by atoms with E-state index >= 15 is 0 Å². The maximum atomic E-state index is 5.62. The fourth-order valence-corrected chi connectivity index (χ4v) is 4.58. The van der Waals surface area contributed by atoms with Crippen LogP contribution in [0.3, 0.4) is 0 Å². The van der Waals surface area contributed by atoms with Gasteiger partial charge >= 0.3 is 0 Å². The molecule has 0 saturated carbocycles. The van der Waals surface area contributed by atoms with Gasteiger partial charge in [0.25, 0.3) is 0 Å². The van der Waals surface area contributed by atoms with Crippen LogP contribution < -0.4 is 10.1 Å². The van der Waals surface area contributed by atoms with Gasteiger partial charge in [0, 0.05) is 11.3 Å². The van der Waals surface area contributed by atoms with Gasteiger partial charge in [0.15, 0.2) is 0 Å². The van der Waals surface area contributed by atoms with Gasteiger partial charge in [-0.05, 0) is 64.6 Å². The average Bonchev–Trinajstić information content (AvgIpc) is 3.05. The number of hydrogen-bond donors (Lipinski definition) is 1. The standard InChI is InChI=1S/C17H20BrNOS/c1-3-7-19-17(14-10-16(18)21-11(14)2)13-4-5-15-12(9-13)6-8-20-15/h4-5,9-10,17,19H,3,6-8H2,1-2H3. The number of fused-ring (bicyclic) bond motifs is 1. The maximum absolute atomic E-state index is 5.62. The van der Waals surface area contributed by atoms with Crippen molar-refractivity contribution in [3.05, 3.63) is 49.6 Å². The van der Waals surface area contributed by atoms with Gasteiger partial charge in [0.1, 0.15) is 5.75 Å². The number of ether oxygens (including phenoxy) is 1. The van der Waals surface area contributed by atoms with Crippen molar-refractivity contribution in [2.75, 3.05) is 13.2 Å².